The van der Waals surface area contributed by atoms with Crippen molar-refractivity contribution in [3.63, 3.8) is 0 Å². The van der Waals surface area contributed by atoms with Gasteiger partial charge in [0.25, 0.3) is 0 Å². The molecule has 1 aliphatic rings. The van der Waals surface area contributed by atoms with Crippen molar-refractivity contribution in [3.8, 4) is 11.5 Å². The molecule has 1 heterocycles. The van der Waals surface area contributed by atoms with E-state index >= 15 is 0 Å². The minimum Gasteiger partial charge on any atom is -0.486 e. The van der Waals surface area contributed by atoms with Crippen molar-refractivity contribution in [2.24, 2.45) is 11.7 Å². The van der Waals surface area contributed by atoms with Gasteiger partial charge < -0.3 is 20.5 Å². The molecule has 0 radical (unpaired) electrons. The molecule has 0 saturated carbocycles. The number of ether oxygens (including phenoxy) is 2. The molecule has 1 aliphatic heterocycles. The average molecular weight is 264 g/mol. The van der Waals surface area contributed by atoms with E-state index in [2.05, 4.69) is 19.2 Å². The van der Waals surface area contributed by atoms with Crippen LogP contribution < -0.4 is 20.5 Å². The van der Waals surface area contributed by atoms with Gasteiger partial charge in [-0.05, 0) is 49.7 Å². The molecule has 4 nitrogen and oxygen atoms in total. The van der Waals surface area contributed by atoms with E-state index in [0.717, 1.165) is 30.0 Å². The van der Waals surface area contributed by atoms with Crippen LogP contribution in [0, 0.1) is 12.8 Å². The van der Waals surface area contributed by atoms with E-state index in [1.165, 1.54) is 5.56 Å². The third kappa shape index (κ3) is 3.01. The van der Waals surface area contributed by atoms with E-state index in [1.807, 2.05) is 19.2 Å². The van der Waals surface area contributed by atoms with Crippen molar-refractivity contribution >= 4 is 0 Å². The molecule has 0 amide bonds. The smallest absolute Gasteiger partial charge is 0.161 e. The molecule has 0 bridgehead atoms. The quantitative estimate of drug-likeness (QED) is 0.854. The van der Waals surface area contributed by atoms with Gasteiger partial charge in [-0.2, -0.15) is 0 Å². The van der Waals surface area contributed by atoms with E-state index in [0.29, 0.717) is 19.1 Å². The van der Waals surface area contributed by atoms with Crippen LogP contribution in [0.3, 0.4) is 0 Å². The molecule has 0 aliphatic carbocycles. The summed E-state index contributed by atoms with van der Waals surface area (Å²) in [5.41, 5.74) is 8.76. The van der Waals surface area contributed by atoms with Gasteiger partial charge in [0.2, 0.25) is 0 Å². The van der Waals surface area contributed by atoms with Crippen LogP contribution in [0.5, 0.6) is 11.5 Å². The standard InChI is InChI=1S/C15H24N2O2/c1-4-11(9-17-3)15(16)12-8-14-13(7-10(12)2)18-5-6-19-14/h7-8,11,15,17H,4-6,9,16H2,1-3H3. The van der Waals surface area contributed by atoms with E-state index in [4.69, 9.17) is 15.2 Å². The van der Waals surface area contributed by atoms with Gasteiger partial charge in [-0.3, -0.25) is 0 Å². The van der Waals surface area contributed by atoms with Crippen LogP contribution in [0.4, 0.5) is 0 Å². The highest BCUT2D eigenvalue weighted by Crippen LogP contribution is 2.36. The molecule has 2 atom stereocenters. The first-order valence-electron chi connectivity index (χ1n) is 6.97. The summed E-state index contributed by atoms with van der Waals surface area (Å²) in [6, 6.07) is 4.11. The Morgan fingerprint density at radius 3 is 2.47 bits per heavy atom. The van der Waals surface area contributed by atoms with Crippen LogP contribution in [0.25, 0.3) is 0 Å². The maximum atomic E-state index is 6.43. The van der Waals surface area contributed by atoms with Crippen molar-refractivity contribution in [3.05, 3.63) is 23.3 Å². The second kappa shape index (κ2) is 6.26. The Bertz CT molecular complexity index is 434. The Morgan fingerprint density at radius 1 is 1.26 bits per heavy atom. The molecule has 1 aromatic carbocycles. The van der Waals surface area contributed by atoms with Crippen LogP contribution in [-0.2, 0) is 0 Å². The zero-order valence-electron chi connectivity index (χ0n) is 12.0. The molecule has 19 heavy (non-hydrogen) atoms. The van der Waals surface area contributed by atoms with E-state index in [9.17, 15) is 0 Å². The van der Waals surface area contributed by atoms with Gasteiger partial charge in [-0.15, -0.1) is 0 Å². The highest BCUT2D eigenvalue weighted by molar-refractivity contribution is 5.48. The number of aryl methyl sites for hydroxylation is 1. The molecule has 3 N–H and O–H groups in total. The van der Waals surface area contributed by atoms with Crippen LogP contribution in [0.15, 0.2) is 12.1 Å². The summed E-state index contributed by atoms with van der Waals surface area (Å²) in [7, 11) is 1.96. The van der Waals surface area contributed by atoms with Crippen molar-refractivity contribution < 1.29 is 9.47 Å². The molecular formula is C15H24N2O2. The van der Waals surface area contributed by atoms with E-state index in [1.54, 1.807) is 0 Å². The lowest BCUT2D eigenvalue weighted by Gasteiger charge is -2.26. The Kier molecular flexibility index (Phi) is 4.66. The molecule has 1 aromatic rings. The maximum absolute atomic E-state index is 6.43. The Morgan fingerprint density at radius 2 is 1.89 bits per heavy atom. The van der Waals surface area contributed by atoms with Crippen LogP contribution in [0.1, 0.15) is 30.5 Å². The third-order valence-electron chi connectivity index (χ3n) is 3.79. The molecule has 2 rings (SSSR count). The predicted molar refractivity (Wildman–Crippen MR) is 76.8 cm³/mol. The first-order chi connectivity index (χ1) is 9.17. The van der Waals surface area contributed by atoms with Crippen LogP contribution >= 0.6 is 0 Å². The molecule has 2 unspecified atom stereocenters. The topological polar surface area (TPSA) is 56.5 Å². The SMILES string of the molecule is CCC(CNC)C(N)c1cc2c(cc1C)OCCO2. The first kappa shape index (κ1) is 14.2. The lowest BCUT2D eigenvalue weighted by atomic mass is 9.88. The molecule has 4 heteroatoms. The van der Waals surface area contributed by atoms with Crippen molar-refractivity contribution in [1.29, 1.82) is 0 Å². The number of benzene rings is 1. The van der Waals surface area contributed by atoms with Gasteiger partial charge in [-0.25, -0.2) is 0 Å². The van der Waals surface area contributed by atoms with Gasteiger partial charge in [0.1, 0.15) is 13.2 Å². The minimum absolute atomic E-state index is 0.0216. The third-order valence-corrected chi connectivity index (χ3v) is 3.79. The molecule has 0 saturated heterocycles. The van der Waals surface area contributed by atoms with E-state index < -0.39 is 0 Å². The summed E-state index contributed by atoms with van der Waals surface area (Å²) in [5, 5.41) is 3.22. The number of hydrogen-bond donors (Lipinski definition) is 2. The zero-order valence-corrected chi connectivity index (χ0v) is 12.0. The number of nitrogens with one attached hydrogen (secondary N) is 1. The van der Waals surface area contributed by atoms with Gasteiger partial charge in [0, 0.05) is 6.04 Å². The largest absolute Gasteiger partial charge is 0.486 e. The second-order valence-electron chi connectivity index (χ2n) is 5.10. The normalized spacial score (nSPS) is 17.1. The fraction of sp³-hybridized carbons (Fsp3) is 0.600. The highest BCUT2D eigenvalue weighted by Gasteiger charge is 2.22. The fourth-order valence-electron chi connectivity index (χ4n) is 2.61. The second-order valence-corrected chi connectivity index (χ2v) is 5.10. The van der Waals surface area contributed by atoms with Gasteiger partial charge in [0.15, 0.2) is 11.5 Å². The fourth-order valence-corrected chi connectivity index (χ4v) is 2.61. The molecule has 0 spiro atoms. The zero-order chi connectivity index (χ0) is 13.8. The predicted octanol–water partition coefficient (Wildman–Crippen LogP) is 2.01. The van der Waals surface area contributed by atoms with Gasteiger partial charge in [0.05, 0.1) is 0 Å². The number of hydrogen-bond acceptors (Lipinski definition) is 4. The lowest BCUT2D eigenvalue weighted by molar-refractivity contribution is 0.171. The Balaban J connectivity index is 2.28. The van der Waals surface area contributed by atoms with Gasteiger partial charge in [-0.1, -0.05) is 13.3 Å². The van der Waals surface area contributed by atoms with Crippen LogP contribution in [0.2, 0.25) is 0 Å². The maximum Gasteiger partial charge on any atom is 0.161 e. The first-order valence-corrected chi connectivity index (χ1v) is 6.97. The minimum atomic E-state index is 0.0216. The monoisotopic (exact) mass is 264 g/mol. The average Bonchev–Trinajstić information content (AvgIpc) is 2.43. The summed E-state index contributed by atoms with van der Waals surface area (Å²) < 4.78 is 11.2. The molecule has 0 aromatic heterocycles. The summed E-state index contributed by atoms with van der Waals surface area (Å²) in [6.07, 6.45) is 1.05. The Hall–Kier alpha value is -1.26. The highest BCUT2D eigenvalue weighted by atomic mass is 16.6. The van der Waals surface area contributed by atoms with Crippen molar-refractivity contribution in [2.45, 2.75) is 26.3 Å². The summed E-state index contributed by atoms with van der Waals surface area (Å²) in [5.74, 6) is 2.08. The number of nitrogens with two attached hydrogens (primary N) is 1. The van der Waals surface area contributed by atoms with E-state index in [-0.39, 0.29) is 6.04 Å². The molecule has 0 fully saturated rings. The lowest BCUT2D eigenvalue weighted by Crippen LogP contribution is -2.30. The van der Waals surface area contributed by atoms with Crippen molar-refractivity contribution in [1.82, 2.24) is 5.32 Å². The molecular weight excluding hydrogens is 240 g/mol. The van der Waals surface area contributed by atoms with Gasteiger partial charge >= 0.3 is 0 Å². The number of rotatable bonds is 5. The van der Waals surface area contributed by atoms with Crippen molar-refractivity contribution in [2.75, 3.05) is 26.8 Å². The molecule has 106 valence electrons. The summed E-state index contributed by atoms with van der Waals surface area (Å²) in [6.45, 7) is 6.41. The summed E-state index contributed by atoms with van der Waals surface area (Å²) in [4.78, 5) is 0. The van der Waals surface area contributed by atoms with Crippen LogP contribution in [-0.4, -0.2) is 26.8 Å². The Labute approximate surface area is 115 Å². The number of fused-ring (bicyclic) bond motifs is 1. The summed E-state index contributed by atoms with van der Waals surface area (Å²) >= 11 is 0.